The van der Waals surface area contributed by atoms with E-state index in [1.165, 1.54) is 0 Å². The van der Waals surface area contributed by atoms with Gasteiger partial charge in [-0.05, 0) is 30.2 Å². The van der Waals surface area contributed by atoms with Crippen LogP contribution in [0.1, 0.15) is 17.3 Å². The molecule has 4 rings (SSSR count). The third kappa shape index (κ3) is 3.17. The summed E-state index contributed by atoms with van der Waals surface area (Å²) in [5, 5.41) is 5.62. The summed E-state index contributed by atoms with van der Waals surface area (Å²) in [5.41, 5.74) is 2.49. The van der Waals surface area contributed by atoms with Crippen molar-refractivity contribution in [2.45, 2.75) is 6.04 Å². The van der Waals surface area contributed by atoms with Crippen molar-refractivity contribution in [3.63, 3.8) is 0 Å². The number of fused-ring (bicyclic) bond motifs is 1. The predicted molar refractivity (Wildman–Crippen MR) is 95.7 cm³/mol. The molecule has 124 valence electrons. The predicted octanol–water partition coefficient (Wildman–Crippen LogP) is 3.17. The number of nitrogens with zero attached hydrogens (tertiary/aromatic N) is 4. The summed E-state index contributed by atoms with van der Waals surface area (Å²) in [7, 11) is 0. The van der Waals surface area contributed by atoms with E-state index in [4.69, 9.17) is 0 Å². The zero-order valence-electron chi connectivity index (χ0n) is 13.7. The van der Waals surface area contributed by atoms with Crippen molar-refractivity contribution in [1.82, 2.24) is 19.7 Å². The van der Waals surface area contributed by atoms with E-state index in [-0.39, 0.29) is 18.4 Å². The van der Waals surface area contributed by atoms with Gasteiger partial charge in [0.1, 0.15) is 11.5 Å². The van der Waals surface area contributed by atoms with E-state index in [2.05, 4.69) is 28.5 Å². The lowest BCUT2D eigenvalue weighted by molar-refractivity contribution is 0.106. The molecule has 4 nitrogen and oxygen atoms in total. The van der Waals surface area contributed by atoms with E-state index < -0.39 is 0 Å². The number of halogens is 1. The Balaban J connectivity index is 1.64. The lowest BCUT2D eigenvalue weighted by Crippen LogP contribution is -2.48. The van der Waals surface area contributed by atoms with Gasteiger partial charge in [0.05, 0.1) is 11.4 Å². The highest BCUT2D eigenvalue weighted by Crippen LogP contribution is 2.26. The van der Waals surface area contributed by atoms with Crippen molar-refractivity contribution < 1.29 is 4.39 Å². The molecule has 0 unspecified atom stereocenters. The third-order valence-corrected chi connectivity index (χ3v) is 4.24. The second kappa shape index (κ2) is 6.50. The molecule has 2 aromatic heterocycles. The maximum Gasteiger partial charge on any atom is 0.159 e. The first kappa shape index (κ1) is 15.6. The molecule has 0 atom stereocenters. The minimum atomic E-state index is -0.309. The van der Waals surface area contributed by atoms with Crippen molar-refractivity contribution in [3.05, 3.63) is 72.3 Å². The zero-order valence-corrected chi connectivity index (χ0v) is 13.7. The Labute approximate surface area is 145 Å². The highest BCUT2D eigenvalue weighted by atomic mass is 19.1. The Morgan fingerprint density at radius 1 is 1.16 bits per heavy atom. The number of hydrogen-bond acceptors (Lipinski definition) is 3. The molecule has 3 heterocycles. The van der Waals surface area contributed by atoms with Crippen LogP contribution >= 0.6 is 0 Å². The fourth-order valence-corrected chi connectivity index (χ4v) is 3.04. The Morgan fingerprint density at radius 2 is 1.96 bits per heavy atom. The maximum atomic E-state index is 12.9. The van der Waals surface area contributed by atoms with Gasteiger partial charge in [-0.3, -0.25) is 4.90 Å². The molecule has 0 N–H and O–H groups in total. The highest BCUT2D eigenvalue weighted by Gasteiger charge is 2.31. The Bertz CT molecular complexity index is 975. The lowest BCUT2D eigenvalue weighted by Gasteiger charge is -2.38. The van der Waals surface area contributed by atoms with E-state index in [0.717, 1.165) is 35.4 Å². The van der Waals surface area contributed by atoms with Crippen LogP contribution in [0.4, 0.5) is 4.39 Å². The van der Waals surface area contributed by atoms with Gasteiger partial charge < -0.3 is 0 Å². The standard InChI is InChI=1S/C20H17FN4/c1-15(21)12-24-13-17(14-24)25-20-18(8-5-11-22-20)19(23-25)10-9-16-6-3-2-4-7-16/h2-8,11,17H,1,12-14H2. The highest BCUT2D eigenvalue weighted by molar-refractivity contribution is 5.81. The molecule has 5 heteroatoms. The van der Waals surface area contributed by atoms with E-state index in [1.54, 1.807) is 6.20 Å². The molecule has 0 saturated carbocycles. The smallest absolute Gasteiger partial charge is 0.159 e. The molecule has 0 bridgehead atoms. The molecule has 1 aliphatic heterocycles. The molecule has 1 aromatic carbocycles. The first-order chi connectivity index (χ1) is 12.2. The average Bonchev–Trinajstić information content (AvgIpc) is 2.95. The SMILES string of the molecule is C=C(F)CN1CC(n2nc(C#Cc3ccccc3)c3cccnc32)C1. The largest absolute Gasteiger partial charge is 0.292 e. The number of likely N-dealkylation sites (tertiary alicyclic amines) is 1. The van der Waals surface area contributed by atoms with Gasteiger partial charge in [0.2, 0.25) is 0 Å². The second-order valence-corrected chi connectivity index (χ2v) is 6.15. The van der Waals surface area contributed by atoms with E-state index in [1.807, 2.05) is 52.0 Å². The number of aromatic nitrogens is 3. The quantitative estimate of drug-likeness (QED) is 0.691. The van der Waals surface area contributed by atoms with Crippen LogP contribution in [0.2, 0.25) is 0 Å². The van der Waals surface area contributed by atoms with E-state index in [0.29, 0.717) is 0 Å². The first-order valence-electron chi connectivity index (χ1n) is 8.16. The van der Waals surface area contributed by atoms with Crippen LogP contribution in [-0.2, 0) is 0 Å². The van der Waals surface area contributed by atoms with Gasteiger partial charge in [-0.25, -0.2) is 14.1 Å². The van der Waals surface area contributed by atoms with Crippen LogP contribution in [0.5, 0.6) is 0 Å². The molecule has 3 aromatic rings. The number of rotatable bonds is 3. The van der Waals surface area contributed by atoms with Gasteiger partial charge in [0.15, 0.2) is 5.65 Å². The summed E-state index contributed by atoms with van der Waals surface area (Å²) in [6.07, 6.45) is 1.76. The molecule has 0 amide bonds. The van der Waals surface area contributed by atoms with Crippen molar-refractivity contribution in [1.29, 1.82) is 0 Å². The van der Waals surface area contributed by atoms with Crippen LogP contribution in [0.25, 0.3) is 11.0 Å². The van der Waals surface area contributed by atoms with Crippen molar-refractivity contribution in [2.24, 2.45) is 0 Å². The van der Waals surface area contributed by atoms with Crippen LogP contribution in [0.15, 0.2) is 61.1 Å². The number of pyridine rings is 1. The molecule has 0 aliphatic carbocycles. The zero-order chi connectivity index (χ0) is 17.2. The molecule has 0 radical (unpaired) electrons. The molecule has 1 fully saturated rings. The summed E-state index contributed by atoms with van der Waals surface area (Å²) in [5.74, 6) is 6.00. The molecule has 1 aliphatic rings. The monoisotopic (exact) mass is 332 g/mol. The third-order valence-electron chi connectivity index (χ3n) is 4.24. The van der Waals surface area contributed by atoms with Crippen LogP contribution in [0, 0.1) is 11.8 Å². The maximum absolute atomic E-state index is 12.9. The molecule has 1 saturated heterocycles. The number of hydrogen-bond donors (Lipinski definition) is 0. The van der Waals surface area contributed by atoms with Gasteiger partial charge >= 0.3 is 0 Å². The Kier molecular flexibility index (Phi) is 4.04. The minimum Gasteiger partial charge on any atom is -0.292 e. The summed E-state index contributed by atoms with van der Waals surface area (Å²) in [6, 6.07) is 13.9. The average molecular weight is 332 g/mol. The van der Waals surface area contributed by atoms with Gasteiger partial charge in [-0.15, -0.1) is 0 Å². The topological polar surface area (TPSA) is 34.0 Å². The van der Waals surface area contributed by atoms with Crippen molar-refractivity contribution in [3.8, 4) is 11.8 Å². The van der Waals surface area contributed by atoms with Gasteiger partial charge in [0.25, 0.3) is 0 Å². The van der Waals surface area contributed by atoms with Gasteiger partial charge in [-0.1, -0.05) is 30.7 Å². The normalized spacial score (nSPS) is 14.8. The Hall–Kier alpha value is -2.97. The summed E-state index contributed by atoms with van der Waals surface area (Å²) >= 11 is 0. The van der Waals surface area contributed by atoms with E-state index in [9.17, 15) is 4.39 Å². The fourth-order valence-electron chi connectivity index (χ4n) is 3.04. The van der Waals surface area contributed by atoms with Crippen molar-refractivity contribution >= 4 is 11.0 Å². The minimum absolute atomic E-state index is 0.184. The molecule has 25 heavy (non-hydrogen) atoms. The van der Waals surface area contributed by atoms with E-state index >= 15 is 0 Å². The summed E-state index contributed by atoms with van der Waals surface area (Å²) < 4.78 is 14.9. The van der Waals surface area contributed by atoms with Gasteiger partial charge in [0, 0.05) is 31.4 Å². The molecule has 0 spiro atoms. The second-order valence-electron chi connectivity index (χ2n) is 6.15. The van der Waals surface area contributed by atoms with Crippen LogP contribution < -0.4 is 0 Å². The fraction of sp³-hybridized carbons (Fsp3) is 0.200. The Morgan fingerprint density at radius 3 is 2.72 bits per heavy atom. The van der Waals surface area contributed by atoms with Crippen LogP contribution in [-0.4, -0.2) is 39.3 Å². The molecular weight excluding hydrogens is 315 g/mol. The summed E-state index contributed by atoms with van der Waals surface area (Å²) in [6.45, 7) is 5.08. The van der Waals surface area contributed by atoms with Crippen molar-refractivity contribution in [2.75, 3.05) is 19.6 Å². The molecular formula is C20H17FN4. The first-order valence-corrected chi connectivity index (χ1v) is 8.16. The van der Waals surface area contributed by atoms with Crippen LogP contribution in [0.3, 0.4) is 0 Å². The van der Waals surface area contributed by atoms with Gasteiger partial charge in [-0.2, -0.15) is 5.10 Å². The summed E-state index contributed by atoms with van der Waals surface area (Å²) in [4.78, 5) is 6.47. The lowest BCUT2D eigenvalue weighted by atomic mass is 10.1. The number of benzene rings is 1.